The van der Waals surface area contributed by atoms with E-state index in [1.165, 1.54) is 10.3 Å². The van der Waals surface area contributed by atoms with Gasteiger partial charge in [0.15, 0.2) is 0 Å². The molecule has 1 N–H and O–H groups in total. The van der Waals surface area contributed by atoms with Crippen LogP contribution in [0.3, 0.4) is 0 Å². The number of rotatable bonds is 2. The Morgan fingerprint density at radius 2 is 2.21 bits per heavy atom. The SMILES string of the molecule is CCc1csc2cc(CO)cc(Cl)c12. The van der Waals surface area contributed by atoms with Gasteiger partial charge < -0.3 is 5.11 Å². The first kappa shape index (κ1) is 9.97. The van der Waals surface area contributed by atoms with Crippen LogP contribution in [0.25, 0.3) is 10.1 Å². The van der Waals surface area contributed by atoms with Gasteiger partial charge in [0, 0.05) is 15.1 Å². The Bertz CT molecular complexity index is 462. The van der Waals surface area contributed by atoms with Gasteiger partial charge in [0.2, 0.25) is 0 Å². The van der Waals surface area contributed by atoms with Crippen LogP contribution in [0.5, 0.6) is 0 Å². The zero-order chi connectivity index (χ0) is 10.1. The Labute approximate surface area is 91.9 Å². The summed E-state index contributed by atoms with van der Waals surface area (Å²) in [6, 6.07) is 3.85. The van der Waals surface area contributed by atoms with E-state index in [0.29, 0.717) is 0 Å². The molecule has 0 bridgehead atoms. The molecule has 0 saturated carbocycles. The Kier molecular flexibility index (Phi) is 2.77. The van der Waals surface area contributed by atoms with Gasteiger partial charge in [-0.25, -0.2) is 0 Å². The molecular formula is C11H11ClOS. The number of hydrogen-bond acceptors (Lipinski definition) is 2. The lowest BCUT2D eigenvalue weighted by molar-refractivity contribution is 0.282. The second kappa shape index (κ2) is 3.89. The number of thiophene rings is 1. The van der Waals surface area contributed by atoms with Crippen molar-refractivity contribution in [3.8, 4) is 0 Å². The molecule has 0 aliphatic heterocycles. The number of halogens is 1. The second-order valence-electron chi connectivity index (χ2n) is 3.22. The van der Waals surface area contributed by atoms with Gasteiger partial charge in [-0.3, -0.25) is 0 Å². The molecule has 0 aliphatic carbocycles. The standard InChI is InChI=1S/C11H11ClOS/c1-2-8-6-14-10-4-7(5-13)3-9(12)11(8)10/h3-4,6,13H,2,5H2,1H3. The van der Waals surface area contributed by atoms with E-state index in [-0.39, 0.29) is 6.61 Å². The first-order valence-electron chi connectivity index (χ1n) is 4.55. The third kappa shape index (κ3) is 1.54. The molecule has 0 spiro atoms. The average molecular weight is 227 g/mol. The van der Waals surface area contributed by atoms with E-state index < -0.39 is 0 Å². The molecule has 3 heteroatoms. The van der Waals surface area contributed by atoms with Crippen molar-refractivity contribution in [3.63, 3.8) is 0 Å². The predicted octanol–water partition coefficient (Wildman–Crippen LogP) is 3.61. The zero-order valence-corrected chi connectivity index (χ0v) is 9.45. The summed E-state index contributed by atoms with van der Waals surface area (Å²) >= 11 is 7.85. The largest absolute Gasteiger partial charge is 0.392 e. The summed E-state index contributed by atoms with van der Waals surface area (Å²) in [5.74, 6) is 0. The molecule has 0 radical (unpaired) electrons. The zero-order valence-electron chi connectivity index (χ0n) is 7.88. The molecule has 0 saturated heterocycles. The highest BCUT2D eigenvalue weighted by Crippen LogP contribution is 2.33. The summed E-state index contributed by atoms with van der Waals surface area (Å²) in [5, 5.41) is 13.1. The Balaban J connectivity index is 2.72. The van der Waals surface area contributed by atoms with Crippen molar-refractivity contribution < 1.29 is 5.11 Å². The lowest BCUT2D eigenvalue weighted by Gasteiger charge is -2.01. The van der Waals surface area contributed by atoms with Crippen molar-refractivity contribution >= 4 is 33.0 Å². The summed E-state index contributed by atoms with van der Waals surface area (Å²) in [7, 11) is 0. The smallest absolute Gasteiger partial charge is 0.0682 e. The van der Waals surface area contributed by atoms with Crippen molar-refractivity contribution in [1.29, 1.82) is 0 Å². The van der Waals surface area contributed by atoms with E-state index in [0.717, 1.165) is 22.4 Å². The minimum atomic E-state index is 0.0506. The van der Waals surface area contributed by atoms with Crippen molar-refractivity contribution in [2.24, 2.45) is 0 Å². The van der Waals surface area contributed by atoms with Crippen molar-refractivity contribution in [1.82, 2.24) is 0 Å². The van der Waals surface area contributed by atoms with Gasteiger partial charge in [0.25, 0.3) is 0 Å². The number of aliphatic hydroxyl groups excluding tert-OH is 1. The molecule has 2 rings (SSSR count). The van der Waals surface area contributed by atoms with Crippen molar-refractivity contribution in [2.75, 3.05) is 0 Å². The average Bonchev–Trinajstić information content (AvgIpc) is 2.61. The maximum atomic E-state index is 9.03. The van der Waals surface area contributed by atoms with Crippen molar-refractivity contribution in [3.05, 3.63) is 33.7 Å². The molecule has 0 amide bonds. The lowest BCUT2D eigenvalue weighted by atomic mass is 10.1. The van der Waals surface area contributed by atoms with Crippen LogP contribution in [0, 0.1) is 0 Å². The van der Waals surface area contributed by atoms with Crippen LogP contribution in [0.1, 0.15) is 18.1 Å². The molecule has 0 unspecified atom stereocenters. The fourth-order valence-electron chi connectivity index (χ4n) is 1.58. The molecule has 1 aromatic heterocycles. The molecule has 74 valence electrons. The van der Waals surface area contributed by atoms with Crippen LogP contribution in [-0.2, 0) is 13.0 Å². The molecular weight excluding hydrogens is 216 g/mol. The molecule has 0 aliphatic rings. The van der Waals surface area contributed by atoms with Gasteiger partial charge in [0.1, 0.15) is 0 Å². The topological polar surface area (TPSA) is 20.2 Å². The first-order valence-corrected chi connectivity index (χ1v) is 5.81. The first-order chi connectivity index (χ1) is 6.76. The minimum absolute atomic E-state index is 0.0506. The maximum absolute atomic E-state index is 9.03. The highest BCUT2D eigenvalue weighted by Gasteiger charge is 2.07. The fourth-order valence-corrected chi connectivity index (χ4v) is 3.14. The third-order valence-corrected chi connectivity index (χ3v) is 3.60. The fraction of sp³-hybridized carbons (Fsp3) is 0.273. The second-order valence-corrected chi connectivity index (χ2v) is 4.54. The molecule has 14 heavy (non-hydrogen) atoms. The molecule has 1 aromatic carbocycles. The van der Waals surface area contributed by atoms with Gasteiger partial charge in [0.05, 0.1) is 6.61 Å². The number of benzene rings is 1. The van der Waals surface area contributed by atoms with E-state index in [1.807, 2.05) is 12.1 Å². The van der Waals surface area contributed by atoms with Crippen LogP contribution in [0.2, 0.25) is 5.02 Å². The van der Waals surface area contributed by atoms with E-state index in [2.05, 4.69) is 12.3 Å². The van der Waals surface area contributed by atoms with Crippen LogP contribution < -0.4 is 0 Å². The Morgan fingerprint density at radius 3 is 2.86 bits per heavy atom. The van der Waals surface area contributed by atoms with Crippen LogP contribution >= 0.6 is 22.9 Å². The molecule has 0 fully saturated rings. The van der Waals surface area contributed by atoms with Gasteiger partial charge in [-0.15, -0.1) is 11.3 Å². The quantitative estimate of drug-likeness (QED) is 0.830. The van der Waals surface area contributed by atoms with Crippen LogP contribution in [0.15, 0.2) is 17.5 Å². The van der Waals surface area contributed by atoms with Crippen LogP contribution in [0.4, 0.5) is 0 Å². The Hall–Kier alpha value is -0.570. The predicted molar refractivity (Wildman–Crippen MR) is 62.1 cm³/mol. The molecule has 0 atom stereocenters. The molecule has 2 aromatic rings. The Morgan fingerprint density at radius 1 is 1.43 bits per heavy atom. The summed E-state index contributed by atoms with van der Waals surface area (Å²) in [4.78, 5) is 0. The van der Waals surface area contributed by atoms with Gasteiger partial charge in [-0.05, 0) is 35.1 Å². The number of aryl methyl sites for hydroxylation is 1. The maximum Gasteiger partial charge on any atom is 0.0682 e. The third-order valence-electron chi connectivity index (χ3n) is 2.33. The van der Waals surface area contributed by atoms with Gasteiger partial charge in [-0.2, -0.15) is 0 Å². The van der Waals surface area contributed by atoms with E-state index in [9.17, 15) is 0 Å². The minimum Gasteiger partial charge on any atom is -0.392 e. The molecule has 1 heterocycles. The summed E-state index contributed by atoms with van der Waals surface area (Å²) in [6.45, 7) is 2.17. The van der Waals surface area contributed by atoms with Gasteiger partial charge >= 0.3 is 0 Å². The highest BCUT2D eigenvalue weighted by atomic mass is 35.5. The monoisotopic (exact) mass is 226 g/mol. The number of hydrogen-bond donors (Lipinski definition) is 1. The molecule has 1 nitrogen and oxygen atoms in total. The summed E-state index contributed by atoms with van der Waals surface area (Å²) in [6.07, 6.45) is 0.998. The van der Waals surface area contributed by atoms with E-state index in [4.69, 9.17) is 16.7 Å². The van der Waals surface area contributed by atoms with Gasteiger partial charge in [-0.1, -0.05) is 18.5 Å². The van der Waals surface area contributed by atoms with Crippen molar-refractivity contribution in [2.45, 2.75) is 20.0 Å². The normalized spacial score (nSPS) is 11.1. The lowest BCUT2D eigenvalue weighted by Crippen LogP contribution is -1.83. The van der Waals surface area contributed by atoms with Crippen LogP contribution in [-0.4, -0.2) is 5.11 Å². The highest BCUT2D eigenvalue weighted by molar-refractivity contribution is 7.17. The number of aliphatic hydroxyl groups is 1. The summed E-state index contributed by atoms with van der Waals surface area (Å²) < 4.78 is 1.17. The summed E-state index contributed by atoms with van der Waals surface area (Å²) in [5.41, 5.74) is 2.17. The van der Waals surface area contributed by atoms with E-state index >= 15 is 0 Å². The number of fused-ring (bicyclic) bond motifs is 1. The van der Waals surface area contributed by atoms with E-state index in [1.54, 1.807) is 11.3 Å².